The molecule has 0 fully saturated rings. The van der Waals surface area contributed by atoms with Crippen molar-refractivity contribution in [1.82, 2.24) is 10.2 Å². The van der Waals surface area contributed by atoms with E-state index in [1.807, 2.05) is 50.2 Å². The molecule has 0 spiro atoms. The van der Waals surface area contributed by atoms with Crippen LogP contribution in [0.25, 0.3) is 0 Å². The lowest BCUT2D eigenvalue weighted by molar-refractivity contribution is 0.173. The van der Waals surface area contributed by atoms with Gasteiger partial charge in [-0.1, -0.05) is 42.2 Å². The maximum absolute atomic E-state index is 9.74. The van der Waals surface area contributed by atoms with Gasteiger partial charge < -0.3 is 10.0 Å². The van der Waals surface area contributed by atoms with Gasteiger partial charge in [0.15, 0.2) is 4.34 Å². The highest BCUT2D eigenvalue weighted by Gasteiger charge is 2.08. The van der Waals surface area contributed by atoms with Crippen LogP contribution in [-0.4, -0.2) is 29.4 Å². The van der Waals surface area contributed by atoms with E-state index >= 15 is 0 Å². The normalized spacial score (nSPS) is 12.4. The number of rotatable bonds is 5. The third kappa shape index (κ3) is 3.68. The van der Waals surface area contributed by atoms with Crippen LogP contribution in [0.4, 0.5) is 5.13 Å². The molecule has 1 aromatic heterocycles. The van der Waals surface area contributed by atoms with Gasteiger partial charge in [-0.15, -0.1) is 10.2 Å². The number of hydrogen-bond acceptors (Lipinski definition) is 6. The highest BCUT2D eigenvalue weighted by molar-refractivity contribution is 8.01. The third-order valence-corrected chi connectivity index (χ3v) is 4.78. The number of aromatic nitrogens is 2. The summed E-state index contributed by atoms with van der Waals surface area (Å²) in [4.78, 5) is 3.05. The third-order valence-electron chi connectivity index (χ3n) is 2.64. The van der Waals surface area contributed by atoms with Crippen molar-refractivity contribution >= 4 is 28.2 Å². The Labute approximate surface area is 121 Å². The Morgan fingerprint density at radius 2 is 1.95 bits per heavy atom. The van der Waals surface area contributed by atoms with Crippen molar-refractivity contribution in [3.05, 3.63) is 29.8 Å². The van der Waals surface area contributed by atoms with Gasteiger partial charge in [0.25, 0.3) is 0 Å². The molecule has 0 radical (unpaired) electrons. The number of aliphatic hydroxyl groups is 1. The molecule has 0 aliphatic carbocycles. The van der Waals surface area contributed by atoms with Gasteiger partial charge in [0.2, 0.25) is 5.13 Å². The molecule has 0 bridgehead atoms. The fourth-order valence-electron chi connectivity index (χ4n) is 1.52. The van der Waals surface area contributed by atoms with Gasteiger partial charge in [0.05, 0.1) is 6.10 Å². The van der Waals surface area contributed by atoms with Crippen molar-refractivity contribution in [2.24, 2.45) is 0 Å². The monoisotopic (exact) mass is 295 g/mol. The minimum absolute atomic E-state index is 0.374. The van der Waals surface area contributed by atoms with Gasteiger partial charge >= 0.3 is 0 Å². The van der Waals surface area contributed by atoms with Gasteiger partial charge in [-0.3, -0.25) is 0 Å². The van der Waals surface area contributed by atoms with E-state index in [-0.39, 0.29) is 6.10 Å². The van der Waals surface area contributed by atoms with Gasteiger partial charge in [-0.2, -0.15) is 0 Å². The van der Waals surface area contributed by atoms with Crippen molar-refractivity contribution in [2.45, 2.75) is 28.7 Å². The summed E-state index contributed by atoms with van der Waals surface area (Å²) in [5, 5.41) is 18.9. The van der Waals surface area contributed by atoms with E-state index in [9.17, 15) is 5.11 Å². The zero-order valence-electron chi connectivity index (χ0n) is 11.2. The van der Waals surface area contributed by atoms with Crippen LogP contribution in [0.15, 0.2) is 33.5 Å². The summed E-state index contributed by atoms with van der Waals surface area (Å²) in [6.07, 6.45) is 0.357. The fourth-order valence-corrected chi connectivity index (χ4v) is 3.26. The number of anilines is 1. The summed E-state index contributed by atoms with van der Waals surface area (Å²) in [5.41, 5.74) is 0.957. The molecule has 19 heavy (non-hydrogen) atoms. The average molecular weight is 295 g/mol. The second-order valence-corrected chi connectivity index (χ2v) is 6.62. The average Bonchev–Trinajstić information content (AvgIpc) is 2.87. The van der Waals surface area contributed by atoms with Gasteiger partial charge in [0, 0.05) is 19.0 Å². The molecule has 2 rings (SSSR count). The van der Waals surface area contributed by atoms with E-state index < -0.39 is 0 Å². The van der Waals surface area contributed by atoms with E-state index in [2.05, 4.69) is 10.2 Å². The minimum Gasteiger partial charge on any atom is -0.388 e. The van der Waals surface area contributed by atoms with Crippen LogP contribution >= 0.6 is 23.1 Å². The van der Waals surface area contributed by atoms with Crippen molar-refractivity contribution in [2.75, 3.05) is 19.0 Å². The largest absolute Gasteiger partial charge is 0.388 e. The molecule has 0 saturated carbocycles. The van der Waals surface area contributed by atoms with Gasteiger partial charge in [-0.05, 0) is 24.1 Å². The summed E-state index contributed by atoms with van der Waals surface area (Å²) in [6.45, 7) is 1.97. The van der Waals surface area contributed by atoms with Crippen molar-refractivity contribution in [1.29, 1.82) is 0 Å². The lowest BCUT2D eigenvalue weighted by Gasteiger charge is -2.08. The molecule has 102 valence electrons. The maximum atomic E-state index is 9.74. The minimum atomic E-state index is -0.374. The first-order chi connectivity index (χ1) is 9.10. The van der Waals surface area contributed by atoms with E-state index in [0.29, 0.717) is 0 Å². The number of nitrogens with zero attached hydrogens (tertiary/aromatic N) is 3. The number of aliphatic hydroxyl groups excluding tert-OH is 1. The highest BCUT2D eigenvalue weighted by Crippen LogP contribution is 2.33. The molecule has 0 unspecified atom stereocenters. The van der Waals surface area contributed by atoms with E-state index in [4.69, 9.17) is 0 Å². The van der Waals surface area contributed by atoms with Crippen LogP contribution in [-0.2, 0) is 0 Å². The molecule has 1 atom stereocenters. The lowest BCUT2D eigenvalue weighted by atomic mass is 10.1. The molecule has 0 amide bonds. The smallest absolute Gasteiger partial charge is 0.208 e. The molecule has 1 heterocycles. The number of hydrogen-bond donors (Lipinski definition) is 1. The molecular weight excluding hydrogens is 278 g/mol. The highest BCUT2D eigenvalue weighted by atomic mass is 32.2. The predicted molar refractivity (Wildman–Crippen MR) is 80.1 cm³/mol. The van der Waals surface area contributed by atoms with Crippen LogP contribution in [0.1, 0.15) is 25.0 Å². The van der Waals surface area contributed by atoms with E-state index in [0.717, 1.165) is 26.4 Å². The van der Waals surface area contributed by atoms with E-state index in [1.165, 1.54) is 0 Å². The van der Waals surface area contributed by atoms with Gasteiger partial charge in [0.1, 0.15) is 0 Å². The molecule has 0 aliphatic heterocycles. The standard InChI is InChI=1S/C13H17N3OS2/c1-4-11(17)9-5-7-10(8-6-9)18-13-15-14-12(19-13)16(2)3/h5-8,11,17H,4H2,1-3H3/t11-/m1/s1. The maximum Gasteiger partial charge on any atom is 0.208 e. The Balaban J connectivity index is 2.06. The SMILES string of the molecule is CC[C@@H](O)c1ccc(Sc2nnc(N(C)C)s2)cc1. The molecule has 1 N–H and O–H groups in total. The first-order valence-corrected chi connectivity index (χ1v) is 7.70. The van der Waals surface area contributed by atoms with Crippen LogP contribution < -0.4 is 4.90 Å². The second kappa shape index (κ2) is 6.36. The van der Waals surface area contributed by atoms with Crippen molar-refractivity contribution < 1.29 is 5.11 Å². The molecule has 1 aromatic carbocycles. The molecule has 6 heteroatoms. The summed E-state index contributed by atoms with van der Waals surface area (Å²) in [6, 6.07) is 7.94. The quantitative estimate of drug-likeness (QED) is 0.918. The van der Waals surface area contributed by atoms with Crippen molar-refractivity contribution in [3.63, 3.8) is 0 Å². The Morgan fingerprint density at radius 3 is 2.47 bits per heavy atom. The topological polar surface area (TPSA) is 49.3 Å². The number of benzene rings is 1. The van der Waals surface area contributed by atoms with Gasteiger partial charge in [-0.25, -0.2) is 0 Å². The van der Waals surface area contributed by atoms with Crippen molar-refractivity contribution in [3.8, 4) is 0 Å². The van der Waals surface area contributed by atoms with Crippen LogP contribution in [0, 0.1) is 0 Å². The molecule has 2 aromatic rings. The predicted octanol–water partition coefficient (Wildman–Crippen LogP) is 3.20. The first-order valence-electron chi connectivity index (χ1n) is 6.07. The molecule has 0 aliphatic rings. The fraction of sp³-hybridized carbons (Fsp3) is 0.385. The zero-order chi connectivity index (χ0) is 13.8. The summed E-state index contributed by atoms with van der Waals surface area (Å²) in [5.74, 6) is 0. The molecule has 4 nitrogen and oxygen atoms in total. The molecule has 0 saturated heterocycles. The second-order valence-electron chi connectivity index (χ2n) is 4.34. The van der Waals surface area contributed by atoms with Crippen LogP contribution in [0.3, 0.4) is 0 Å². The summed E-state index contributed by atoms with van der Waals surface area (Å²) in [7, 11) is 3.91. The zero-order valence-corrected chi connectivity index (χ0v) is 12.8. The lowest BCUT2D eigenvalue weighted by Crippen LogP contribution is -2.07. The van der Waals surface area contributed by atoms with Crippen LogP contribution in [0.2, 0.25) is 0 Å². The summed E-state index contributed by atoms with van der Waals surface area (Å²) < 4.78 is 0.924. The molecular formula is C13H17N3OS2. The Morgan fingerprint density at radius 1 is 1.26 bits per heavy atom. The Kier molecular flexibility index (Phi) is 4.79. The van der Waals surface area contributed by atoms with E-state index in [1.54, 1.807) is 23.1 Å². The Hall–Kier alpha value is -1.11. The summed E-state index contributed by atoms with van der Waals surface area (Å²) >= 11 is 3.16. The first kappa shape index (κ1) is 14.3. The van der Waals surface area contributed by atoms with Crippen LogP contribution in [0.5, 0.6) is 0 Å². The Bertz CT molecular complexity index is 525.